The van der Waals surface area contributed by atoms with Crippen molar-refractivity contribution >= 4 is 11.6 Å². The summed E-state index contributed by atoms with van der Waals surface area (Å²) in [6.07, 6.45) is 4.99. The second-order valence-electron chi connectivity index (χ2n) is 4.77. The zero-order chi connectivity index (χ0) is 14.7. The van der Waals surface area contributed by atoms with Crippen LogP contribution in [-0.4, -0.2) is 27.8 Å². The van der Waals surface area contributed by atoms with E-state index < -0.39 is 0 Å². The molecule has 2 rings (SSSR count). The smallest absolute Gasteiger partial charge is 0.256 e. The number of pyridine rings is 2. The number of nitrogen functional groups attached to an aromatic ring is 1. The van der Waals surface area contributed by atoms with Gasteiger partial charge >= 0.3 is 0 Å². The van der Waals surface area contributed by atoms with E-state index in [0.717, 1.165) is 5.56 Å². The number of rotatable bonds is 3. The highest BCUT2D eigenvalue weighted by molar-refractivity contribution is 5.96. The van der Waals surface area contributed by atoms with E-state index in [1.807, 2.05) is 19.1 Å². The minimum atomic E-state index is -0.0911. The van der Waals surface area contributed by atoms with Crippen molar-refractivity contribution in [3.63, 3.8) is 0 Å². The molecule has 0 aliphatic heterocycles. The molecule has 2 N–H and O–H groups in total. The van der Waals surface area contributed by atoms with E-state index in [0.29, 0.717) is 16.9 Å². The molecule has 2 aromatic rings. The first-order chi connectivity index (χ1) is 9.50. The fourth-order valence-electron chi connectivity index (χ4n) is 2.00. The molecule has 0 saturated carbocycles. The Labute approximate surface area is 118 Å². The topological polar surface area (TPSA) is 72.1 Å². The molecule has 0 bridgehead atoms. The van der Waals surface area contributed by atoms with Gasteiger partial charge in [0.2, 0.25) is 0 Å². The summed E-state index contributed by atoms with van der Waals surface area (Å²) in [7, 11) is 1.77. The first-order valence-electron chi connectivity index (χ1n) is 6.40. The molecule has 0 aliphatic carbocycles. The molecule has 0 fully saturated rings. The van der Waals surface area contributed by atoms with Crippen LogP contribution in [0.1, 0.15) is 34.6 Å². The first kappa shape index (κ1) is 14.0. The lowest BCUT2D eigenvalue weighted by molar-refractivity contribution is 0.0741. The predicted octanol–water partition coefficient (Wildman–Crippen LogP) is 2.20. The molecular formula is C15H18N4O. The van der Waals surface area contributed by atoms with Crippen LogP contribution in [0.3, 0.4) is 0 Å². The lowest BCUT2D eigenvalue weighted by Crippen LogP contribution is -2.30. The van der Waals surface area contributed by atoms with Gasteiger partial charge < -0.3 is 10.6 Å². The highest BCUT2D eigenvalue weighted by atomic mass is 16.2. The van der Waals surface area contributed by atoms with Gasteiger partial charge in [-0.05, 0) is 37.6 Å². The number of hydrogen-bond acceptors (Lipinski definition) is 4. The van der Waals surface area contributed by atoms with Crippen LogP contribution in [0, 0.1) is 6.92 Å². The number of aromatic nitrogens is 2. The molecule has 0 aromatic carbocycles. The van der Waals surface area contributed by atoms with Gasteiger partial charge in [-0.2, -0.15) is 0 Å². The van der Waals surface area contributed by atoms with Gasteiger partial charge in [-0.3, -0.25) is 14.8 Å². The van der Waals surface area contributed by atoms with Crippen molar-refractivity contribution in [2.45, 2.75) is 19.9 Å². The predicted molar refractivity (Wildman–Crippen MR) is 78.1 cm³/mol. The van der Waals surface area contributed by atoms with Gasteiger partial charge in [0.15, 0.2) is 0 Å². The number of nitrogens with two attached hydrogens (primary N) is 1. The lowest BCUT2D eigenvalue weighted by atomic mass is 10.1. The van der Waals surface area contributed by atoms with Crippen molar-refractivity contribution in [3.05, 3.63) is 53.6 Å². The Bertz CT molecular complexity index is 613. The highest BCUT2D eigenvalue weighted by Crippen LogP contribution is 2.21. The van der Waals surface area contributed by atoms with E-state index in [9.17, 15) is 4.79 Å². The largest absolute Gasteiger partial charge is 0.397 e. The summed E-state index contributed by atoms with van der Waals surface area (Å²) in [6.45, 7) is 3.78. The maximum absolute atomic E-state index is 12.5. The molecule has 104 valence electrons. The van der Waals surface area contributed by atoms with E-state index in [4.69, 9.17) is 5.73 Å². The molecule has 1 unspecified atom stereocenters. The summed E-state index contributed by atoms with van der Waals surface area (Å²) in [4.78, 5) is 22.3. The van der Waals surface area contributed by atoms with Gasteiger partial charge in [-0.15, -0.1) is 0 Å². The molecule has 20 heavy (non-hydrogen) atoms. The van der Waals surface area contributed by atoms with Crippen LogP contribution in [-0.2, 0) is 0 Å². The summed E-state index contributed by atoms with van der Waals surface area (Å²) in [5.41, 5.74) is 8.45. The molecule has 2 aromatic heterocycles. The Morgan fingerprint density at radius 3 is 2.65 bits per heavy atom. The second-order valence-corrected chi connectivity index (χ2v) is 4.77. The van der Waals surface area contributed by atoms with Gasteiger partial charge in [0.25, 0.3) is 5.91 Å². The molecule has 0 aliphatic rings. The third-order valence-electron chi connectivity index (χ3n) is 3.43. The van der Waals surface area contributed by atoms with Crippen LogP contribution in [0.5, 0.6) is 0 Å². The van der Waals surface area contributed by atoms with Crippen molar-refractivity contribution in [2.24, 2.45) is 0 Å². The molecule has 0 saturated heterocycles. The number of carbonyl (C=O) groups is 1. The van der Waals surface area contributed by atoms with Crippen molar-refractivity contribution in [3.8, 4) is 0 Å². The molecule has 0 radical (unpaired) electrons. The summed E-state index contributed by atoms with van der Waals surface area (Å²) in [5.74, 6) is -0.0911. The number of amides is 1. The maximum Gasteiger partial charge on any atom is 0.256 e. The SMILES string of the molecule is Cc1ncc(N)cc1C(=O)N(C)C(C)c1ccncc1. The first-order valence-corrected chi connectivity index (χ1v) is 6.40. The van der Waals surface area contributed by atoms with E-state index in [1.54, 1.807) is 43.5 Å². The molecule has 5 nitrogen and oxygen atoms in total. The Morgan fingerprint density at radius 2 is 2.00 bits per heavy atom. The number of anilines is 1. The zero-order valence-corrected chi connectivity index (χ0v) is 11.9. The number of aryl methyl sites for hydroxylation is 1. The molecule has 5 heteroatoms. The normalized spacial score (nSPS) is 11.9. The van der Waals surface area contributed by atoms with Gasteiger partial charge in [0, 0.05) is 19.4 Å². The Kier molecular flexibility index (Phi) is 3.98. The van der Waals surface area contributed by atoms with Gasteiger partial charge in [0.05, 0.1) is 29.2 Å². The van der Waals surface area contributed by atoms with Crippen LogP contribution in [0.15, 0.2) is 36.8 Å². The molecule has 2 heterocycles. The Balaban J connectivity index is 2.27. The van der Waals surface area contributed by atoms with Crippen LogP contribution >= 0.6 is 0 Å². The maximum atomic E-state index is 12.5. The molecule has 1 amide bonds. The zero-order valence-electron chi connectivity index (χ0n) is 11.9. The standard InChI is InChI=1S/C15H18N4O/c1-10-14(8-13(16)9-18-10)15(20)19(3)11(2)12-4-6-17-7-5-12/h4-9,11H,16H2,1-3H3. The van der Waals surface area contributed by atoms with E-state index in [-0.39, 0.29) is 11.9 Å². The minimum Gasteiger partial charge on any atom is -0.397 e. The van der Waals surface area contributed by atoms with Crippen LogP contribution in [0.2, 0.25) is 0 Å². The van der Waals surface area contributed by atoms with Crippen molar-refractivity contribution in [2.75, 3.05) is 12.8 Å². The fraction of sp³-hybridized carbons (Fsp3) is 0.267. The van der Waals surface area contributed by atoms with E-state index >= 15 is 0 Å². The summed E-state index contributed by atoms with van der Waals surface area (Å²) >= 11 is 0. The van der Waals surface area contributed by atoms with Crippen molar-refractivity contribution < 1.29 is 4.79 Å². The third kappa shape index (κ3) is 2.77. The molecule has 1 atom stereocenters. The monoisotopic (exact) mass is 270 g/mol. The fourth-order valence-corrected chi connectivity index (χ4v) is 2.00. The minimum absolute atomic E-state index is 0.0497. The van der Waals surface area contributed by atoms with Crippen LogP contribution in [0.25, 0.3) is 0 Å². The Hall–Kier alpha value is -2.43. The third-order valence-corrected chi connectivity index (χ3v) is 3.43. The lowest BCUT2D eigenvalue weighted by Gasteiger charge is -2.25. The van der Waals surface area contributed by atoms with Gasteiger partial charge in [0.1, 0.15) is 0 Å². The van der Waals surface area contributed by atoms with Crippen LogP contribution < -0.4 is 5.73 Å². The van der Waals surface area contributed by atoms with Crippen molar-refractivity contribution in [1.29, 1.82) is 0 Å². The van der Waals surface area contributed by atoms with Crippen molar-refractivity contribution in [1.82, 2.24) is 14.9 Å². The van der Waals surface area contributed by atoms with Gasteiger partial charge in [-0.25, -0.2) is 0 Å². The average Bonchev–Trinajstić information content (AvgIpc) is 2.48. The molecular weight excluding hydrogens is 252 g/mol. The quantitative estimate of drug-likeness (QED) is 0.928. The number of nitrogens with zero attached hydrogens (tertiary/aromatic N) is 3. The van der Waals surface area contributed by atoms with Gasteiger partial charge in [-0.1, -0.05) is 0 Å². The second kappa shape index (κ2) is 5.69. The average molecular weight is 270 g/mol. The summed E-state index contributed by atoms with van der Waals surface area (Å²) in [5, 5.41) is 0. The van der Waals surface area contributed by atoms with E-state index in [2.05, 4.69) is 9.97 Å². The highest BCUT2D eigenvalue weighted by Gasteiger charge is 2.20. The molecule has 0 spiro atoms. The van der Waals surface area contributed by atoms with E-state index in [1.165, 1.54) is 0 Å². The van der Waals surface area contributed by atoms with Crippen LogP contribution in [0.4, 0.5) is 5.69 Å². The Morgan fingerprint density at radius 1 is 1.35 bits per heavy atom. The number of hydrogen-bond donors (Lipinski definition) is 1. The summed E-state index contributed by atoms with van der Waals surface area (Å²) in [6, 6.07) is 5.42. The summed E-state index contributed by atoms with van der Waals surface area (Å²) < 4.78 is 0. The number of carbonyl (C=O) groups excluding carboxylic acids is 1.